The molecule has 0 radical (unpaired) electrons. The molecular formula is C14H12ClN3OS. The number of aromatic nitrogens is 1. The highest BCUT2D eigenvalue weighted by Crippen LogP contribution is 2.22. The van der Waals surface area contributed by atoms with Crippen molar-refractivity contribution in [2.24, 2.45) is 5.73 Å². The number of nitrogens with one attached hydrogen (secondary N) is 1. The normalized spacial score (nSPS) is 10.1. The summed E-state index contributed by atoms with van der Waals surface area (Å²) in [7, 11) is 0. The van der Waals surface area contributed by atoms with Crippen molar-refractivity contribution in [2.45, 2.75) is 6.92 Å². The van der Waals surface area contributed by atoms with Crippen molar-refractivity contribution in [3.63, 3.8) is 0 Å². The van der Waals surface area contributed by atoms with Crippen molar-refractivity contribution in [1.82, 2.24) is 4.98 Å². The van der Waals surface area contributed by atoms with E-state index < -0.39 is 0 Å². The molecule has 2 rings (SSSR count). The molecule has 0 unspecified atom stereocenters. The van der Waals surface area contributed by atoms with Gasteiger partial charge in [-0.05, 0) is 37.3 Å². The lowest BCUT2D eigenvalue weighted by molar-refractivity contribution is 0.102. The summed E-state index contributed by atoms with van der Waals surface area (Å²) in [6.07, 6.45) is 1.63. The number of nitrogens with zero attached hydrogens (tertiary/aromatic N) is 1. The van der Waals surface area contributed by atoms with Gasteiger partial charge in [0, 0.05) is 22.5 Å². The topological polar surface area (TPSA) is 68.0 Å². The van der Waals surface area contributed by atoms with Crippen LogP contribution < -0.4 is 11.1 Å². The number of rotatable bonds is 3. The Labute approximate surface area is 127 Å². The smallest absolute Gasteiger partial charge is 0.257 e. The minimum absolute atomic E-state index is 0.194. The minimum atomic E-state index is -0.282. The van der Waals surface area contributed by atoms with Gasteiger partial charge in [-0.3, -0.25) is 9.78 Å². The van der Waals surface area contributed by atoms with Crippen molar-refractivity contribution in [3.8, 4) is 0 Å². The molecule has 0 aliphatic carbocycles. The highest BCUT2D eigenvalue weighted by molar-refractivity contribution is 7.80. The third-order valence-corrected chi connectivity index (χ3v) is 3.20. The summed E-state index contributed by atoms with van der Waals surface area (Å²) in [5.41, 5.74) is 7.82. The van der Waals surface area contributed by atoms with E-state index in [9.17, 15) is 4.79 Å². The fourth-order valence-electron chi connectivity index (χ4n) is 1.75. The van der Waals surface area contributed by atoms with E-state index in [2.05, 4.69) is 10.3 Å². The van der Waals surface area contributed by atoms with Gasteiger partial charge >= 0.3 is 0 Å². The van der Waals surface area contributed by atoms with Crippen molar-refractivity contribution in [2.75, 3.05) is 5.32 Å². The number of thiocarbonyl (C=S) groups is 1. The van der Waals surface area contributed by atoms with Crippen molar-refractivity contribution in [1.29, 1.82) is 0 Å². The molecule has 3 N–H and O–H groups in total. The van der Waals surface area contributed by atoms with Gasteiger partial charge in [-0.1, -0.05) is 23.8 Å². The Balaban J connectivity index is 2.35. The Morgan fingerprint density at radius 2 is 2.10 bits per heavy atom. The Kier molecular flexibility index (Phi) is 4.32. The lowest BCUT2D eigenvalue weighted by Gasteiger charge is -2.11. The molecule has 0 saturated carbocycles. The molecule has 0 bridgehead atoms. The molecule has 2 aromatic rings. The van der Waals surface area contributed by atoms with Crippen LogP contribution in [0.4, 0.5) is 5.69 Å². The largest absolute Gasteiger partial charge is 0.389 e. The maximum absolute atomic E-state index is 12.2. The number of carbonyl (C=O) groups excluding carboxylic acids is 1. The first-order valence-corrected chi connectivity index (χ1v) is 6.60. The monoisotopic (exact) mass is 305 g/mol. The summed E-state index contributed by atoms with van der Waals surface area (Å²) in [5.74, 6) is -0.282. The van der Waals surface area contributed by atoms with E-state index in [0.29, 0.717) is 27.5 Å². The summed E-state index contributed by atoms with van der Waals surface area (Å²) in [4.78, 5) is 16.5. The SMILES string of the molecule is Cc1ncccc1C(=O)Nc1cc(Cl)ccc1C(N)=S. The van der Waals surface area contributed by atoms with Crippen LogP contribution in [0.1, 0.15) is 21.6 Å². The first-order valence-electron chi connectivity index (χ1n) is 5.81. The molecule has 102 valence electrons. The molecule has 0 saturated heterocycles. The molecule has 1 amide bonds. The van der Waals surface area contributed by atoms with Gasteiger partial charge in [-0.25, -0.2) is 0 Å². The summed E-state index contributed by atoms with van der Waals surface area (Å²) >= 11 is 10.9. The predicted octanol–water partition coefficient (Wildman–Crippen LogP) is 2.93. The average molecular weight is 306 g/mol. The number of benzene rings is 1. The van der Waals surface area contributed by atoms with E-state index in [4.69, 9.17) is 29.6 Å². The number of hydrogen-bond donors (Lipinski definition) is 2. The van der Waals surface area contributed by atoms with Gasteiger partial charge in [-0.2, -0.15) is 0 Å². The van der Waals surface area contributed by atoms with Crippen LogP contribution in [0.25, 0.3) is 0 Å². The second-order valence-electron chi connectivity index (χ2n) is 4.14. The summed E-state index contributed by atoms with van der Waals surface area (Å²) < 4.78 is 0. The Morgan fingerprint density at radius 3 is 2.75 bits per heavy atom. The molecule has 0 spiro atoms. The maximum atomic E-state index is 12.2. The Bertz CT molecular complexity index is 688. The van der Waals surface area contributed by atoms with Gasteiger partial charge in [0.25, 0.3) is 5.91 Å². The van der Waals surface area contributed by atoms with E-state index in [0.717, 1.165) is 0 Å². The lowest BCUT2D eigenvalue weighted by atomic mass is 10.1. The average Bonchev–Trinajstić information content (AvgIpc) is 2.38. The van der Waals surface area contributed by atoms with E-state index >= 15 is 0 Å². The first kappa shape index (κ1) is 14.4. The Hall–Kier alpha value is -1.98. The highest BCUT2D eigenvalue weighted by Gasteiger charge is 2.13. The van der Waals surface area contributed by atoms with Gasteiger partial charge in [0.2, 0.25) is 0 Å². The molecule has 0 fully saturated rings. The van der Waals surface area contributed by atoms with E-state index in [-0.39, 0.29) is 10.9 Å². The van der Waals surface area contributed by atoms with Crippen molar-refractivity contribution in [3.05, 3.63) is 58.4 Å². The zero-order valence-electron chi connectivity index (χ0n) is 10.7. The van der Waals surface area contributed by atoms with Crippen molar-refractivity contribution >= 4 is 40.4 Å². The van der Waals surface area contributed by atoms with E-state index in [1.807, 2.05) is 0 Å². The van der Waals surface area contributed by atoms with Crippen LogP contribution in [0, 0.1) is 6.92 Å². The van der Waals surface area contributed by atoms with Crippen molar-refractivity contribution < 1.29 is 4.79 Å². The number of hydrogen-bond acceptors (Lipinski definition) is 3. The number of halogens is 1. The van der Waals surface area contributed by atoms with Gasteiger partial charge in [0.15, 0.2) is 0 Å². The second-order valence-corrected chi connectivity index (χ2v) is 5.02. The molecule has 4 nitrogen and oxygen atoms in total. The minimum Gasteiger partial charge on any atom is -0.389 e. The molecule has 0 atom stereocenters. The number of pyridine rings is 1. The van der Waals surface area contributed by atoms with Gasteiger partial charge in [0.05, 0.1) is 11.3 Å². The third kappa shape index (κ3) is 3.12. The fourth-order valence-corrected chi connectivity index (χ4v) is 2.10. The molecule has 1 heterocycles. The standard InChI is InChI=1S/C14H12ClN3OS/c1-8-10(3-2-6-17-8)14(19)18-12-7-9(15)4-5-11(12)13(16)20/h2-7H,1H3,(H2,16,20)(H,18,19). The summed E-state index contributed by atoms with van der Waals surface area (Å²) in [6, 6.07) is 8.36. The Morgan fingerprint density at radius 1 is 1.35 bits per heavy atom. The van der Waals surface area contributed by atoms with Gasteiger partial charge < -0.3 is 11.1 Å². The van der Waals surface area contributed by atoms with Gasteiger partial charge in [0.1, 0.15) is 4.99 Å². The zero-order valence-corrected chi connectivity index (χ0v) is 12.3. The zero-order chi connectivity index (χ0) is 14.7. The molecule has 6 heteroatoms. The van der Waals surface area contributed by atoms with E-state index in [1.165, 1.54) is 0 Å². The van der Waals surface area contributed by atoms with Crippen LogP contribution in [-0.2, 0) is 0 Å². The van der Waals surface area contributed by atoms with Crippen LogP contribution in [0.15, 0.2) is 36.5 Å². The lowest BCUT2D eigenvalue weighted by Crippen LogP contribution is -2.18. The molecule has 0 aliphatic heterocycles. The number of nitrogens with two attached hydrogens (primary N) is 1. The molecule has 20 heavy (non-hydrogen) atoms. The number of amides is 1. The summed E-state index contributed by atoms with van der Waals surface area (Å²) in [6.45, 7) is 1.77. The number of aryl methyl sites for hydroxylation is 1. The van der Waals surface area contributed by atoms with Gasteiger partial charge in [-0.15, -0.1) is 0 Å². The van der Waals surface area contributed by atoms with Crippen LogP contribution in [0.2, 0.25) is 5.02 Å². The van der Waals surface area contributed by atoms with E-state index in [1.54, 1.807) is 43.5 Å². The number of carbonyl (C=O) groups is 1. The van der Waals surface area contributed by atoms with Crippen LogP contribution in [0.3, 0.4) is 0 Å². The molecule has 0 aliphatic rings. The molecule has 1 aromatic carbocycles. The first-order chi connectivity index (χ1) is 9.49. The van der Waals surface area contributed by atoms with Crippen LogP contribution >= 0.6 is 23.8 Å². The maximum Gasteiger partial charge on any atom is 0.257 e. The van der Waals surface area contributed by atoms with Crippen LogP contribution in [-0.4, -0.2) is 15.9 Å². The second kappa shape index (κ2) is 5.98. The molecule has 1 aromatic heterocycles. The summed E-state index contributed by atoms with van der Waals surface area (Å²) in [5, 5.41) is 3.25. The molecular weight excluding hydrogens is 294 g/mol. The fraction of sp³-hybridized carbons (Fsp3) is 0.0714. The number of anilines is 1. The predicted molar refractivity (Wildman–Crippen MR) is 84.3 cm³/mol. The van der Waals surface area contributed by atoms with Crippen LogP contribution in [0.5, 0.6) is 0 Å². The quantitative estimate of drug-likeness (QED) is 0.856. The third-order valence-electron chi connectivity index (χ3n) is 2.75. The highest BCUT2D eigenvalue weighted by atomic mass is 35.5.